The quantitative estimate of drug-likeness (QED) is 0.592. The molecule has 0 unspecified atom stereocenters. The van der Waals surface area contributed by atoms with E-state index in [1.165, 1.54) is 12.1 Å². The second kappa shape index (κ2) is 7.14. The van der Waals surface area contributed by atoms with Crippen LogP contribution in [0.5, 0.6) is 0 Å². The molecule has 2 fully saturated rings. The lowest BCUT2D eigenvalue weighted by Crippen LogP contribution is -2.31. The van der Waals surface area contributed by atoms with Crippen LogP contribution in [-0.4, -0.2) is 10.9 Å². The summed E-state index contributed by atoms with van der Waals surface area (Å²) in [6.07, 6.45) is 7.49. The lowest BCUT2D eigenvalue weighted by molar-refractivity contribution is -0.0659. The molecular weight excluding hydrogens is 347 g/mol. The second-order valence-corrected chi connectivity index (χ2v) is 8.15. The van der Waals surface area contributed by atoms with Crippen LogP contribution in [0.15, 0.2) is 48.7 Å². The van der Waals surface area contributed by atoms with Crippen LogP contribution in [0.2, 0.25) is 0 Å². The number of pyridine rings is 1. The maximum Gasteiger partial charge on any atom is 0.248 e. The molecule has 0 radical (unpaired) electrons. The largest absolute Gasteiger partial charge is 0.256 e. The van der Waals surface area contributed by atoms with Gasteiger partial charge in [0.05, 0.1) is 5.69 Å². The minimum atomic E-state index is -2.48. The average Bonchev–Trinajstić information content (AvgIpc) is 2.93. The highest BCUT2D eigenvalue weighted by molar-refractivity contribution is 5.63. The molecule has 0 spiro atoms. The highest BCUT2D eigenvalue weighted by Gasteiger charge is 2.48. The molecule has 0 bridgehead atoms. The number of allylic oxidation sites excluding steroid dienone is 1. The highest BCUT2D eigenvalue weighted by Crippen LogP contribution is 2.53. The molecule has 4 atom stereocenters. The molecule has 2 aromatic rings. The molecule has 0 saturated heterocycles. The first kappa shape index (κ1) is 18.3. The van der Waals surface area contributed by atoms with Gasteiger partial charge in [-0.2, -0.15) is 0 Å². The van der Waals surface area contributed by atoms with Crippen LogP contribution in [0, 0.1) is 29.5 Å². The van der Waals surface area contributed by atoms with Gasteiger partial charge in [-0.3, -0.25) is 4.98 Å². The zero-order valence-corrected chi connectivity index (χ0v) is 15.4. The fourth-order valence-electron chi connectivity index (χ4n) is 4.96. The van der Waals surface area contributed by atoms with Crippen LogP contribution in [-0.2, 0) is 0 Å². The monoisotopic (exact) mass is 371 g/mol. The maximum atomic E-state index is 13.7. The van der Waals surface area contributed by atoms with Crippen molar-refractivity contribution >= 4 is 6.08 Å². The molecule has 2 aliphatic rings. The third kappa shape index (κ3) is 3.95. The van der Waals surface area contributed by atoms with Crippen molar-refractivity contribution in [3.8, 4) is 11.1 Å². The van der Waals surface area contributed by atoms with Crippen molar-refractivity contribution < 1.29 is 13.2 Å². The van der Waals surface area contributed by atoms with E-state index in [9.17, 15) is 13.2 Å². The number of benzene rings is 1. The first-order valence-corrected chi connectivity index (χ1v) is 9.69. The summed E-state index contributed by atoms with van der Waals surface area (Å²) in [6.45, 7) is 2.17. The second-order valence-electron chi connectivity index (χ2n) is 8.15. The van der Waals surface area contributed by atoms with Crippen molar-refractivity contribution in [2.45, 2.75) is 38.5 Å². The minimum absolute atomic E-state index is 0.0197. The van der Waals surface area contributed by atoms with Crippen LogP contribution >= 0.6 is 0 Å². The fraction of sp³-hybridized carbons (Fsp3) is 0.435. The Labute approximate surface area is 158 Å². The normalized spacial score (nSPS) is 29.8. The third-order valence-electron chi connectivity index (χ3n) is 6.27. The van der Waals surface area contributed by atoms with Gasteiger partial charge in [-0.05, 0) is 66.4 Å². The molecule has 2 saturated carbocycles. The van der Waals surface area contributed by atoms with Crippen molar-refractivity contribution in [1.82, 2.24) is 4.98 Å². The number of halogens is 3. The van der Waals surface area contributed by atoms with Gasteiger partial charge in [-0.15, -0.1) is 0 Å². The average molecular weight is 371 g/mol. The van der Waals surface area contributed by atoms with Crippen molar-refractivity contribution in [2.75, 3.05) is 0 Å². The Balaban J connectivity index is 1.47. The van der Waals surface area contributed by atoms with Crippen LogP contribution in [0.4, 0.5) is 13.2 Å². The summed E-state index contributed by atoms with van der Waals surface area (Å²) >= 11 is 0. The molecule has 1 nitrogen and oxygen atoms in total. The zero-order valence-electron chi connectivity index (χ0n) is 15.4. The SMILES string of the molecule is C[C@H]1C[C@@H]2CC(F)(F)CC[C@H]2[C@@H]1/C=C/c1ccc(-c2cccc(F)c2)cn1. The Kier molecular flexibility index (Phi) is 4.83. The summed E-state index contributed by atoms with van der Waals surface area (Å²) in [4.78, 5) is 4.47. The van der Waals surface area contributed by atoms with Gasteiger partial charge in [0.25, 0.3) is 0 Å². The Bertz CT molecular complexity index is 828. The van der Waals surface area contributed by atoms with Crippen molar-refractivity contribution in [3.05, 3.63) is 60.2 Å². The van der Waals surface area contributed by atoms with E-state index < -0.39 is 5.92 Å². The summed E-state index contributed by atoms with van der Waals surface area (Å²) in [5, 5.41) is 0. The summed E-state index contributed by atoms with van der Waals surface area (Å²) in [5.41, 5.74) is 2.51. The van der Waals surface area contributed by atoms with Crippen LogP contribution < -0.4 is 0 Å². The molecule has 27 heavy (non-hydrogen) atoms. The van der Waals surface area contributed by atoms with Gasteiger partial charge in [-0.25, -0.2) is 13.2 Å². The van der Waals surface area contributed by atoms with E-state index in [1.54, 1.807) is 12.3 Å². The van der Waals surface area contributed by atoms with Gasteiger partial charge in [0.15, 0.2) is 0 Å². The first-order valence-electron chi connectivity index (χ1n) is 9.69. The number of alkyl halides is 2. The molecule has 142 valence electrons. The predicted octanol–water partition coefficient (Wildman–Crippen LogP) is 6.61. The van der Waals surface area contributed by atoms with Crippen molar-refractivity contribution in [2.24, 2.45) is 23.7 Å². The van der Waals surface area contributed by atoms with E-state index in [-0.39, 0.29) is 24.6 Å². The van der Waals surface area contributed by atoms with E-state index in [4.69, 9.17) is 0 Å². The van der Waals surface area contributed by atoms with Crippen molar-refractivity contribution in [1.29, 1.82) is 0 Å². The van der Waals surface area contributed by atoms with Gasteiger partial charge in [0, 0.05) is 24.6 Å². The van der Waals surface area contributed by atoms with E-state index >= 15 is 0 Å². The molecule has 4 heteroatoms. The molecule has 1 aromatic heterocycles. The first-order chi connectivity index (χ1) is 12.9. The molecule has 2 aliphatic carbocycles. The molecular formula is C23H24F3N. The fourth-order valence-corrected chi connectivity index (χ4v) is 4.96. The molecule has 0 N–H and O–H groups in total. The number of hydrogen-bond donors (Lipinski definition) is 0. The maximum absolute atomic E-state index is 13.7. The third-order valence-corrected chi connectivity index (χ3v) is 6.27. The van der Waals surface area contributed by atoms with Gasteiger partial charge >= 0.3 is 0 Å². The highest BCUT2D eigenvalue weighted by atomic mass is 19.3. The van der Waals surface area contributed by atoms with Gasteiger partial charge in [-0.1, -0.05) is 31.2 Å². The molecule has 1 heterocycles. The Morgan fingerprint density at radius 3 is 2.74 bits per heavy atom. The standard InChI is InChI=1S/C23H24F3N/c1-15-11-18-13-23(25,26)10-9-22(18)21(15)8-7-20-6-5-17(14-27-20)16-3-2-4-19(24)12-16/h2-8,12,14-15,18,21-22H,9-11,13H2,1H3/b8-7+/t15-,18+,21+,22+/m0/s1. The van der Waals surface area contributed by atoms with Gasteiger partial charge in [0.2, 0.25) is 5.92 Å². The Hall–Kier alpha value is -2.10. The lowest BCUT2D eigenvalue weighted by atomic mass is 9.76. The van der Waals surface area contributed by atoms with E-state index in [2.05, 4.69) is 18.0 Å². The minimum Gasteiger partial charge on any atom is -0.256 e. The van der Waals surface area contributed by atoms with Crippen LogP contribution in [0.3, 0.4) is 0 Å². The van der Waals surface area contributed by atoms with Gasteiger partial charge < -0.3 is 0 Å². The van der Waals surface area contributed by atoms with E-state index in [0.717, 1.165) is 23.2 Å². The van der Waals surface area contributed by atoms with E-state index in [1.807, 2.05) is 24.3 Å². The summed E-state index contributed by atoms with van der Waals surface area (Å²) < 4.78 is 40.8. The summed E-state index contributed by atoms with van der Waals surface area (Å²) in [5.74, 6) is -1.47. The molecule has 1 aromatic carbocycles. The number of hydrogen-bond acceptors (Lipinski definition) is 1. The van der Waals surface area contributed by atoms with Crippen molar-refractivity contribution in [3.63, 3.8) is 0 Å². The number of fused-ring (bicyclic) bond motifs is 1. The zero-order chi connectivity index (χ0) is 19.0. The number of nitrogens with zero attached hydrogens (tertiary/aromatic N) is 1. The number of aromatic nitrogens is 1. The Morgan fingerprint density at radius 1 is 1.15 bits per heavy atom. The number of rotatable bonds is 3. The van der Waals surface area contributed by atoms with E-state index in [0.29, 0.717) is 24.2 Å². The lowest BCUT2D eigenvalue weighted by Gasteiger charge is -2.33. The summed E-state index contributed by atoms with van der Waals surface area (Å²) in [7, 11) is 0. The smallest absolute Gasteiger partial charge is 0.248 e. The molecule has 0 amide bonds. The van der Waals surface area contributed by atoms with Crippen LogP contribution in [0.1, 0.15) is 38.3 Å². The molecule has 4 rings (SSSR count). The predicted molar refractivity (Wildman–Crippen MR) is 102 cm³/mol. The summed E-state index contributed by atoms with van der Waals surface area (Å²) in [6, 6.07) is 10.3. The topological polar surface area (TPSA) is 12.9 Å². The van der Waals surface area contributed by atoms with Crippen LogP contribution in [0.25, 0.3) is 17.2 Å². The molecule has 0 aliphatic heterocycles. The Morgan fingerprint density at radius 2 is 2.00 bits per heavy atom. The van der Waals surface area contributed by atoms with Gasteiger partial charge in [0.1, 0.15) is 5.82 Å².